The molecule has 0 radical (unpaired) electrons. The number of hydrogen-bond acceptors (Lipinski definition) is 4. The average Bonchev–Trinajstić information content (AvgIpc) is 3.28. The Morgan fingerprint density at radius 1 is 1.08 bits per heavy atom. The van der Waals surface area contributed by atoms with Gasteiger partial charge in [0.05, 0.1) is 31.7 Å². The first kappa shape index (κ1) is 17.1. The minimum Gasteiger partial charge on any atom is -0.467 e. The second-order valence-corrected chi connectivity index (χ2v) is 6.08. The molecule has 0 aromatic carbocycles. The van der Waals surface area contributed by atoms with Crippen LogP contribution in [0.15, 0.2) is 45.6 Å². The third kappa shape index (κ3) is 4.65. The van der Waals surface area contributed by atoms with Crippen molar-refractivity contribution in [1.29, 1.82) is 0 Å². The predicted molar refractivity (Wildman–Crippen MR) is 90.6 cm³/mol. The van der Waals surface area contributed by atoms with Crippen LogP contribution in [0.4, 0.5) is 4.79 Å². The Balaban J connectivity index is 1.52. The lowest BCUT2D eigenvalue weighted by Gasteiger charge is -2.28. The molecule has 0 unspecified atom stereocenters. The van der Waals surface area contributed by atoms with Crippen molar-refractivity contribution in [2.75, 3.05) is 13.1 Å². The van der Waals surface area contributed by atoms with Gasteiger partial charge in [0.15, 0.2) is 0 Å². The number of hydrogen-bond donors (Lipinski definition) is 2. The number of carbonyl (C=O) groups excluding carboxylic acids is 2. The fraction of sp³-hybridized carbons (Fsp3) is 0.444. The third-order valence-electron chi connectivity index (χ3n) is 4.35. The number of carbonyl (C=O) groups is 2. The van der Waals surface area contributed by atoms with Crippen LogP contribution in [0.2, 0.25) is 0 Å². The van der Waals surface area contributed by atoms with E-state index >= 15 is 0 Å². The summed E-state index contributed by atoms with van der Waals surface area (Å²) in [5.74, 6) is 1.36. The highest BCUT2D eigenvalue weighted by molar-refractivity contribution is 5.84. The van der Waals surface area contributed by atoms with E-state index in [-0.39, 0.29) is 25.0 Å². The summed E-state index contributed by atoms with van der Waals surface area (Å²) in [5.41, 5.74) is 0. The van der Waals surface area contributed by atoms with Crippen LogP contribution in [-0.4, -0.2) is 29.9 Å². The van der Waals surface area contributed by atoms with E-state index in [9.17, 15) is 9.59 Å². The van der Waals surface area contributed by atoms with Gasteiger partial charge in [-0.3, -0.25) is 4.79 Å². The zero-order valence-corrected chi connectivity index (χ0v) is 14.1. The Morgan fingerprint density at radius 3 is 2.68 bits per heavy atom. The molecule has 7 nitrogen and oxygen atoms in total. The summed E-state index contributed by atoms with van der Waals surface area (Å²) < 4.78 is 10.7. The van der Waals surface area contributed by atoms with Gasteiger partial charge in [0.25, 0.3) is 0 Å². The Kier molecular flexibility index (Phi) is 5.77. The number of urea groups is 1. The molecule has 2 aromatic rings. The minimum atomic E-state index is -0.394. The fourth-order valence-corrected chi connectivity index (χ4v) is 3.08. The van der Waals surface area contributed by atoms with Gasteiger partial charge in [0.1, 0.15) is 11.5 Å². The number of nitrogens with zero attached hydrogens (tertiary/aromatic N) is 1. The minimum absolute atomic E-state index is 0.0405. The molecule has 1 saturated heterocycles. The van der Waals surface area contributed by atoms with Gasteiger partial charge in [-0.25, -0.2) is 4.79 Å². The normalized spacial score (nSPS) is 17.8. The third-order valence-corrected chi connectivity index (χ3v) is 4.35. The van der Waals surface area contributed by atoms with E-state index in [4.69, 9.17) is 8.83 Å². The molecule has 2 aromatic heterocycles. The lowest BCUT2D eigenvalue weighted by Crippen LogP contribution is -2.44. The van der Waals surface area contributed by atoms with Crippen LogP contribution in [0, 0.1) is 0 Å². The molecule has 25 heavy (non-hydrogen) atoms. The molecule has 3 heterocycles. The van der Waals surface area contributed by atoms with Gasteiger partial charge < -0.3 is 24.4 Å². The van der Waals surface area contributed by atoms with Crippen LogP contribution in [0.5, 0.6) is 0 Å². The van der Waals surface area contributed by atoms with E-state index in [2.05, 4.69) is 10.6 Å². The molecular weight excluding hydrogens is 322 g/mol. The van der Waals surface area contributed by atoms with Gasteiger partial charge in [-0.1, -0.05) is 12.8 Å². The van der Waals surface area contributed by atoms with Crippen LogP contribution in [-0.2, 0) is 11.3 Å². The first-order valence-corrected chi connectivity index (χ1v) is 8.61. The van der Waals surface area contributed by atoms with E-state index < -0.39 is 6.03 Å². The second kappa shape index (κ2) is 8.41. The monoisotopic (exact) mass is 345 g/mol. The van der Waals surface area contributed by atoms with Gasteiger partial charge in [0.2, 0.25) is 5.91 Å². The van der Waals surface area contributed by atoms with Crippen molar-refractivity contribution in [1.82, 2.24) is 15.5 Å². The summed E-state index contributed by atoms with van der Waals surface area (Å²) in [5, 5.41) is 5.28. The summed E-state index contributed by atoms with van der Waals surface area (Å²) >= 11 is 0. The maximum absolute atomic E-state index is 12.6. The van der Waals surface area contributed by atoms with E-state index in [0.717, 1.165) is 31.4 Å². The fourth-order valence-electron chi connectivity index (χ4n) is 3.08. The van der Waals surface area contributed by atoms with Crippen LogP contribution >= 0.6 is 0 Å². The maximum atomic E-state index is 12.6. The summed E-state index contributed by atoms with van der Waals surface area (Å²) in [6.45, 7) is 0.923. The van der Waals surface area contributed by atoms with Gasteiger partial charge in [-0.2, -0.15) is 0 Å². The molecule has 7 heteroatoms. The van der Waals surface area contributed by atoms with Crippen molar-refractivity contribution in [2.45, 2.75) is 38.3 Å². The number of amides is 3. The van der Waals surface area contributed by atoms with Crippen molar-refractivity contribution in [3.05, 3.63) is 48.3 Å². The molecule has 1 fully saturated rings. The molecule has 2 N–H and O–H groups in total. The maximum Gasteiger partial charge on any atom is 0.315 e. The highest BCUT2D eigenvalue weighted by atomic mass is 16.3. The number of nitrogens with one attached hydrogen (secondary N) is 2. The standard InChI is InChI=1S/C18H23N3O4/c22-17(13-20-18(23)19-12-14-6-4-10-24-14)21-9-3-1-2-7-15(21)16-8-5-11-25-16/h4-6,8,10-11,15H,1-3,7,9,12-13H2,(H2,19,20,23)/t15-/m0/s1. The molecule has 134 valence electrons. The van der Waals surface area contributed by atoms with Gasteiger partial charge in [0, 0.05) is 6.54 Å². The molecule has 3 rings (SSSR count). The molecule has 1 aliphatic heterocycles. The van der Waals surface area contributed by atoms with Crippen LogP contribution in [0.1, 0.15) is 43.2 Å². The zero-order valence-electron chi connectivity index (χ0n) is 14.1. The summed E-state index contributed by atoms with van der Waals surface area (Å²) in [4.78, 5) is 26.3. The Bertz CT molecular complexity index is 667. The summed E-state index contributed by atoms with van der Waals surface area (Å²) in [7, 11) is 0. The van der Waals surface area contributed by atoms with Crippen molar-refractivity contribution < 1.29 is 18.4 Å². The van der Waals surface area contributed by atoms with Crippen molar-refractivity contribution >= 4 is 11.9 Å². The number of furan rings is 2. The Hall–Kier alpha value is -2.70. The lowest BCUT2D eigenvalue weighted by atomic mass is 10.1. The van der Waals surface area contributed by atoms with Gasteiger partial charge >= 0.3 is 6.03 Å². The first-order valence-electron chi connectivity index (χ1n) is 8.61. The summed E-state index contributed by atoms with van der Waals surface area (Å²) in [6, 6.07) is 6.82. The van der Waals surface area contributed by atoms with E-state index in [1.54, 1.807) is 24.7 Å². The molecule has 1 atom stereocenters. The first-order chi connectivity index (χ1) is 12.2. The SMILES string of the molecule is O=C(NCC(=O)N1CCCCC[C@H]1c1ccco1)NCc1ccco1. The van der Waals surface area contributed by atoms with Crippen LogP contribution < -0.4 is 10.6 Å². The van der Waals surface area contributed by atoms with Crippen LogP contribution in [0.3, 0.4) is 0 Å². The Morgan fingerprint density at radius 2 is 1.92 bits per heavy atom. The molecule has 0 bridgehead atoms. The molecular formula is C18H23N3O4. The number of likely N-dealkylation sites (tertiary alicyclic amines) is 1. The number of rotatable bonds is 5. The Labute approximate surface area is 146 Å². The average molecular weight is 345 g/mol. The topological polar surface area (TPSA) is 87.7 Å². The molecule has 1 aliphatic rings. The molecule has 0 spiro atoms. The van der Waals surface area contributed by atoms with Crippen molar-refractivity contribution in [2.24, 2.45) is 0 Å². The van der Waals surface area contributed by atoms with E-state index in [0.29, 0.717) is 12.3 Å². The van der Waals surface area contributed by atoms with E-state index in [1.807, 2.05) is 17.0 Å². The highest BCUT2D eigenvalue weighted by Crippen LogP contribution is 2.30. The summed E-state index contributed by atoms with van der Waals surface area (Å²) in [6.07, 6.45) is 7.18. The molecule has 3 amide bonds. The second-order valence-electron chi connectivity index (χ2n) is 6.08. The highest BCUT2D eigenvalue weighted by Gasteiger charge is 2.28. The van der Waals surface area contributed by atoms with Crippen LogP contribution in [0.25, 0.3) is 0 Å². The smallest absolute Gasteiger partial charge is 0.315 e. The lowest BCUT2D eigenvalue weighted by molar-refractivity contribution is -0.132. The largest absolute Gasteiger partial charge is 0.467 e. The van der Waals surface area contributed by atoms with E-state index in [1.165, 1.54) is 0 Å². The molecule has 0 aliphatic carbocycles. The zero-order chi connectivity index (χ0) is 17.5. The molecule has 0 saturated carbocycles. The predicted octanol–water partition coefficient (Wildman–Crippen LogP) is 2.82. The van der Waals surface area contributed by atoms with Gasteiger partial charge in [-0.05, 0) is 37.1 Å². The quantitative estimate of drug-likeness (QED) is 0.872. The van der Waals surface area contributed by atoms with Crippen molar-refractivity contribution in [3.8, 4) is 0 Å². The van der Waals surface area contributed by atoms with Gasteiger partial charge in [-0.15, -0.1) is 0 Å². The van der Waals surface area contributed by atoms with Crippen molar-refractivity contribution in [3.63, 3.8) is 0 Å².